The van der Waals surface area contributed by atoms with E-state index in [1.54, 1.807) is 11.9 Å². The quantitative estimate of drug-likeness (QED) is 0.818. The molecule has 5 heteroatoms. The van der Waals surface area contributed by atoms with Gasteiger partial charge in [-0.1, -0.05) is 13.3 Å². The van der Waals surface area contributed by atoms with Gasteiger partial charge >= 0.3 is 12.0 Å². The summed E-state index contributed by atoms with van der Waals surface area (Å²) in [5, 5.41) is 8.65. The molecule has 0 aromatic carbocycles. The first kappa shape index (κ1) is 13.8. The number of carboxylic acid groups (broad SMARTS) is 1. The van der Waals surface area contributed by atoms with E-state index in [-0.39, 0.29) is 12.6 Å². The van der Waals surface area contributed by atoms with Gasteiger partial charge in [-0.25, -0.2) is 4.79 Å². The molecule has 0 radical (unpaired) electrons. The molecule has 0 aromatic rings. The average Bonchev–Trinajstić information content (AvgIpc) is 2.52. The van der Waals surface area contributed by atoms with Crippen LogP contribution in [0.4, 0.5) is 4.79 Å². The monoisotopic (exact) mass is 242 g/mol. The van der Waals surface area contributed by atoms with Crippen molar-refractivity contribution in [2.24, 2.45) is 5.92 Å². The van der Waals surface area contributed by atoms with Crippen LogP contribution in [0.2, 0.25) is 0 Å². The van der Waals surface area contributed by atoms with Crippen molar-refractivity contribution in [1.82, 2.24) is 9.80 Å². The Balaban J connectivity index is 2.48. The number of carbonyl (C=O) groups is 2. The summed E-state index contributed by atoms with van der Waals surface area (Å²) in [5.41, 5.74) is 0. The smallest absolute Gasteiger partial charge is 0.323 e. The fraction of sp³-hybridized carbons (Fsp3) is 0.833. The van der Waals surface area contributed by atoms with E-state index in [9.17, 15) is 9.59 Å². The number of nitrogens with zero attached hydrogens (tertiary/aromatic N) is 2. The van der Waals surface area contributed by atoms with Crippen LogP contribution in [0.25, 0.3) is 0 Å². The Bertz CT molecular complexity index is 281. The molecular formula is C12H22N2O3. The predicted octanol–water partition coefficient (Wildman–Crippen LogP) is 1.63. The molecule has 0 saturated carbocycles. The lowest BCUT2D eigenvalue weighted by molar-refractivity contribution is -0.137. The van der Waals surface area contributed by atoms with E-state index < -0.39 is 5.97 Å². The lowest BCUT2D eigenvalue weighted by atomic mass is 9.98. The molecule has 0 aliphatic carbocycles. The highest BCUT2D eigenvalue weighted by Gasteiger charge is 2.22. The van der Waals surface area contributed by atoms with Crippen molar-refractivity contribution < 1.29 is 14.7 Å². The molecule has 98 valence electrons. The van der Waals surface area contributed by atoms with Gasteiger partial charge in [0.25, 0.3) is 0 Å². The predicted molar refractivity (Wildman–Crippen MR) is 64.9 cm³/mol. The maximum atomic E-state index is 12.0. The van der Waals surface area contributed by atoms with Gasteiger partial charge in [0.05, 0.1) is 0 Å². The molecular weight excluding hydrogens is 220 g/mol. The van der Waals surface area contributed by atoms with E-state index in [2.05, 4.69) is 6.92 Å². The number of likely N-dealkylation sites (tertiary alicyclic amines) is 1. The summed E-state index contributed by atoms with van der Waals surface area (Å²) in [6, 6.07) is -0.163. The Morgan fingerprint density at radius 3 is 2.65 bits per heavy atom. The van der Waals surface area contributed by atoms with E-state index in [0.717, 1.165) is 32.4 Å². The van der Waals surface area contributed by atoms with Gasteiger partial charge in [0.15, 0.2) is 0 Å². The Hall–Kier alpha value is -1.26. The van der Waals surface area contributed by atoms with E-state index in [1.165, 1.54) is 11.3 Å². The number of urea groups is 1. The molecule has 5 nitrogen and oxygen atoms in total. The summed E-state index contributed by atoms with van der Waals surface area (Å²) >= 11 is 0. The Morgan fingerprint density at radius 1 is 1.35 bits per heavy atom. The molecule has 0 aromatic heterocycles. The van der Waals surface area contributed by atoms with Crippen LogP contribution in [-0.4, -0.2) is 53.6 Å². The summed E-state index contributed by atoms with van der Waals surface area (Å²) < 4.78 is 0. The van der Waals surface area contributed by atoms with Crippen LogP contribution in [0.3, 0.4) is 0 Å². The van der Waals surface area contributed by atoms with Gasteiger partial charge in [0.2, 0.25) is 0 Å². The third-order valence-electron chi connectivity index (χ3n) is 3.39. The molecule has 17 heavy (non-hydrogen) atoms. The van der Waals surface area contributed by atoms with Gasteiger partial charge in [-0.15, -0.1) is 0 Å². The van der Waals surface area contributed by atoms with Gasteiger partial charge in [0.1, 0.15) is 6.54 Å². The van der Waals surface area contributed by atoms with Crippen molar-refractivity contribution in [3.05, 3.63) is 0 Å². The minimum Gasteiger partial charge on any atom is -0.480 e. The molecule has 1 saturated heterocycles. The molecule has 1 unspecified atom stereocenters. The van der Waals surface area contributed by atoms with Crippen molar-refractivity contribution in [3.63, 3.8) is 0 Å². The fourth-order valence-electron chi connectivity index (χ4n) is 2.28. The molecule has 1 N–H and O–H groups in total. The highest BCUT2D eigenvalue weighted by Crippen LogP contribution is 2.20. The molecule has 1 aliphatic heterocycles. The standard InChI is InChI=1S/C12H22N2O3/c1-3-10-5-4-7-14(8-6-10)12(17)13(2)9-11(15)16/h10H,3-9H2,1-2H3,(H,15,16). The lowest BCUT2D eigenvalue weighted by Crippen LogP contribution is -2.43. The highest BCUT2D eigenvalue weighted by molar-refractivity contribution is 5.79. The van der Waals surface area contributed by atoms with Gasteiger partial charge in [0, 0.05) is 20.1 Å². The molecule has 0 bridgehead atoms. The third-order valence-corrected chi connectivity index (χ3v) is 3.39. The lowest BCUT2D eigenvalue weighted by Gasteiger charge is -2.26. The summed E-state index contributed by atoms with van der Waals surface area (Å²) in [5.74, 6) is -0.264. The molecule has 1 aliphatic rings. The SMILES string of the molecule is CCC1CCCN(C(=O)N(C)CC(=O)O)CC1. The first-order valence-corrected chi connectivity index (χ1v) is 6.26. The third kappa shape index (κ3) is 4.24. The molecule has 0 spiro atoms. The minimum absolute atomic E-state index is 0.163. The molecule has 1 atom stereocenters. The first-order valence-electron chi connectivity index (χ1n) is 6.26. The zero-order valence-electron chi connectivity index (χ0n) is 10.7. The van der Waals surface area contributed by atoms with Gasteiger partial charge in [-0.05, 0) is 25.2 Å². The van der Waals surface area contributed by atoms with Crippen molar-refractivity contribution >= 4 is 12.0 Å². The maximum Gasteiger partial charge on any atom is 0.323 e. The van der Waals surface area contributed by atoms with Crippen molar-refractivity contribution in [1.29, 1.82) is 0 Å². The number of amides is 2. The normalized spacial score (nSPS) is 20.8. The van der Waals surface area contributed by atoms with E-state index in [4.69, 9.17) is 5.11 Å². The Kier molecular flexibility index (Phi) is 5.25. The fourth-order valence-corrected chi connectivity index (χ4v) is 2.28. The van der Waals surface area contributed by atoms with Crippen LogP contribution >= 0.6 is 0 Å². The highest BCUT2D eigenvalue weighted by atomic mass is 16.4. The summed E-state index contributed by atoms with van der Waals surface area (Å²) in [7, 11) is 1.54. The van der Waals surface area contributed by atoms with Crippen molar-refractivity contribution in [2.75, 3.05) is 26.7 Å². The van der Waals surface area contributed by atoms with Crippen molar-refractivity contribution in [3.8, 4) is 0 Å². The van der Waals surface area contributed by atoms with Crippen molar-refractivity contribution in [2.45, 2.75) is 32.6 Å². The Morgan fingerprint density at radius 2 is 2.06 bits per heavy atom. The van der Waals surface area contributed by atoms with Gasteiger partial charge < -0.3 is 14.9 Å². The van der Waals surface area contributed by atoms with Gasteiger partial charge in [-0.3, -0.25) is 4.79 Å². The average molecular weight is 242 g/mol. The molecule has 2 amide bonds. The van der Waals surface area contributed by atoms with E-state index in [1.807, 2.05) is 0 Å². The van der Waals surface area contributed by atoms with Crippen LogP contribution in [0, 0.1) is 5.92 Å². The number of carbonyl (C=O) groups excluding carboxylic acids is 1. The maximum absolute atomic E-state index is 12.0. The Labute approximate surface area is 102 Å². The van der Waals surface area contributed by atoms with E-state index in [0.29, 0.717) is 5.92 Å². The zero-order chi connectivity index (χ0) is 12.8. The summed E-state index contributed by atoms with van der Waals surface area (Å²) in [6.07, 6.45) is 4.38. The van der Waals surface area contributed by atoms with Gasteiger partial charge in [-0.2, -0.15) is 0 Å². The zero-order valence-corrected chi connectivity index (χ0v) is 10.7. The number of likely N-dealkylation sites (N-methyl/N-ethyl adjacent to an activating group) is 1. The summed E-state index contributed by atoms with van der Waals surface area (Å²) in [6.45, 7) is 3.45. The second-order valence-corrected chi connectivity index (χ2v) is 4.72. The molecule has 1 rings (SSSR count). The topological polar surface area (TPSA) is 60.9 Å². The van der Waals surface area contributed by atoms with Crippen LogP contribution < -0.4 is 0 Å². The summed E-state index contributed by atoms with van der Waals surface area (Å²) in [4.78, 5) is 25.6. The number of aliphatic carboxylic acids is 1. The minimum atomic E-state index is -0.970. The number of rotatable bonds is 3. The second-order valence-electron chi connectivity index (χ2n) is 4.72. The molecule has 1 heterocycles. The number of carboxylic acids is 1. The van der Waals surface area contributed by atoms with E-state index >= 15 is 0 Å². The number of hydrogen-bond donors (Lipinski definition) is 1. The number of hydrogen-bond acceptors (Lipinski definition) is 2. The first-order chi connectivity index (χ1) is 8.04. The van der Waals surface area contributed by atoms with Crippen LogP contribution in [0.1, 0.15) is 32.6 Å². The second kappa shape index (κ2) is 6.47. The molecule has 1 fully saturated rings. The largest absolute Gasteiger partial charge is 0.480 e. The van der Waals surface area contributed by atoms with Crippen LogP contribution in [0.15, 0.2) is 0 Å². The van der Waals surface area contributed by atoms with Crippen LogP contribution in [0.5, 0.6) is 0 Å². The van der Waals surface area contributed by atoms with Crippen LogP contribution in [-0.2, 0) is 4.79 Å².